The highest BCUT2D eigenvalue weighted by Gasteiger charge is 2.66. The normalized spacial score (nSPS) is 29.2. The number of carbonyl (C=O) groups excluding carboxylic acids is 3. The number of amides is 3. The van der Waals surface area contributed by atoms with Gasteiger partial charge in [0, 0.05) is 48.1 Å². The van der Waals surface area contributed by atoms with Crippen LogP contribution in [0.5, 0.6) is 0 Å². The molecule has 0 aliphatic carbocycles. The van der Waals surface area contributed by atoms with Crippen LogP contribution >= 0.6 is 0 Å². The number of benzene rings is 2. The summed E-state index contributed by atoms with van der Waals surface area (Å²) in [5.74, 6) is -1.05. The van der Waals surface area contributed by atoms with E-state index in [0.29, 0.717) is 35.7 Å². The molecular weight excluding hydrogens is 617 g/mol. The van der Waals surface area contributed by atoms with E-state index in [0.717, 1.165) is 44.3 Å². The number of fused-ring (bicyclic) bond motifs is 2. The predicted octanol–water partition coefficient (Wildman–Crippen LogP) is 4.27. The highest BCUT2D eigenvalue weighted by atomic mass is 28.4. The van der Waals surface area contributed by atoms with Crippen LogP contribution in [0.4, 0.5) is 21.2 Å². The van der Waals surface area contributed by atoms with Gasteiger partial charge in [-0.1, -0.05) is 19.1 Å². The maximum absolute atomic E-state index is 16.0. The fourth-order valence-electron chi connectivity index (χ4n) is 8.20. The van der Waals surface area contributed by atoms with Crippen molar-refractivity contribution in [1.29, 1.82) is 0 Å². The molecule has 0 bridgehead atoms. The van der Waals surface area contributed by atoms with Gasteiger partial charge in [-0.3, -0.25) is 14.4 Å². The molecule has 12 heteroatoms. The number of aliphatic hydroxyl groups is 1. The molecule has 254 valence electrons. The van der Waals surface area contributed by atoms with E-state index in [1.165, 1.54) is 0 Å². The van der Waals surface area contributed by atoms with Gasteiger partial charge in [-0.15, -0.1) is 0 Å². The van der Waals surface area contributed by atoms with Crippen LogP contribution < -0.4 is 26.2 Å². The summed E-state index contributed by atoms with van der Waals surface area (Å²) in [4.78, 5) is 42.3. The van der Waals surface area contributed by atoms with Crippen molar-refractivity contribution in [1.82, 2.24) is 10.6 Å². The van der Waals surface area contributed by atoms with E-state index < -0.39 is 31.6 Å². The van der Waals surface area contributed by atoms with Gasteiger partial charge >= 0.3 is 0 Å². The van der Waals surface area contributed by atoms with Crippen molar-refractivity contribution in [3.63, 3.8) is 0 Å². The minimum Gasteiger partial charge on any atom is -0.396 e. The molecule has 4 aliphatic heterocycles. The average molecular weight is 666 g/mol. The van der Waals surface area contributed by atoms with Crippen LogP contribution in [0.3, 0.4) is 0 Å². The molecular formula is C35H48FN5O5Si. The number of piperidine rings is 2. The SMILES string of the molecule is C[C@H]1[C@H]([Si](C)(C)F)[C@@H](CCO)O[C@]12C(=O)N(Cc1ccc(NC(=O)C3CCCNC3)cc1)c1ccc(NC(=O)C3CCCNC3)cc12. The van der Waals surface area contributed by atoms with E-state index in [2.05, 4.69) is 21.3 Å². The molecule has 2 unspecified atom stereocenters. The van der Waals surface area contributed by atoms with Gasteiger partial charge in [-0.05, 0) is 94.2 Å². The Labute approximate surface area is 277 Å². The second-order valence-electron chi connectivity index (χ2n) is 14.2. The Morgan fingerprint density at radius 2 is 1.60 bits per heavy atom. The third-order valence-corrected chi connectivity index (χ3v) is 13.0. The minimum atomic E-state index is -3.35. The maximum atomic E-state index is 16.0. The largest absolute Gasteiger partial charge is 0.396 e. The van der Waals surface area contributed by atoms with Gasteiger partial charge in [-0.2, -0.15) is 0 Å². The molecule has 0 radical (unpaired) electrons. The number of aliphatic hydroxyl groups excluding tert-OH is 1. The number of rotatable bonds is 9. The first-order chi connectivity index (χ1) is 22.5. The Morgan fingerprint density at radius 3 is 2.15 bits per heavy atom. The lowest BCUT2D eigenvalue weighted by Gasteiger charge is -2.31. The molecule has 3 amide bonds. The highest BCUT2D eigenvalue weighted by molar-refractivity contribution is 6.72. The second kappa shape index (κ2) is 13.8. The number of hydrogen-bond donors (Lipinski definition) is 5. The molecule has 3 fully saturated rings. The van der Waals surface area contributed by atoms with Gasteiger partial charge in [0.05, 0.1) is 30.2 Å². The highest BCUT2D eigenvalue weighted by Crippen LogP contribution is 2.60. The molecule has 6 atom stereocenters. The molecule has 2 aromatic rings. The number of nitrogens with one attached hydrogen (secondary N) is 4. The Kier molecular flexibility index (Phi) is 9.87. The van der Waals surface area contributed by atoms with E-state index in [-0.39, 0.29) is 49.1 Å². The van der Waals surface area contributed by atoms with E-state index in [1.54, 1.807) is 24.1 Å². The van der Waals surface area contributed by atoms with E-state index in [4.69, 9.17) is 4.74 Å². The van der Waals surface area contributed by atoms with Crippen LogP contribution in [0, 0.1) is 17.8 Å². The first kappa shape index (κ1) is 33.7. The van der Waals surface area contributed by atoms with Gasteiger partial charge in [0.2, 0.25) is 20.2 Å². The Morgan fingerprint density at radius 1 is 1.00 bits per heavy atom. The van der Waals surface area contributed by atoms with Gasteiger partial charge in [0.25, 0.3) is 5.91 Å². The standard InChI is InChI=1S/C35H48FN5O5Si/c1-22-31(47(2,3)36)30(14-17-42)46-35(22)28-18-27(40-33(44)25-7-5-16-38-20-25)12-13-29(28)41(34(35)45)21-23-8-10-26(11-9-23)39-32(43)24-6-4-15-37-19-24/h8-13,18,22,24-25,30-31,37-38,42H,4-7,14-17,19-21H2,1-3H3,(H,39,43)(H,40,44)/t22-,24?,25?,30+,31-,35+/m0/s1. The summed E-state index contributed by atoms with van der Waals surface area (Å²) >= 11 is 0. The van der Waals surface area contributed by atoms with Gasteiger partial charge in [-0.25, -0.2) is 0 Å². The smallest absolute Gasteiger partial charge is 0.264 e. The molecule has 47 heavy (non-hydrogen) atoms. The summed E-state index contributed by atoms with van der Waals surface area (Å²) in [7, 11) is -3.35. The van der Waals surface area contributed by atoms with Crippen molar-refractivity contribution >= 4 is 43.2 Å². The predicted molar refractivity (Wildman–Crippen MR) is 182 cm³/mol. The van der Waals surface area contributed by atoms with E-state index in [9.17, 15) is 19.5 Å². The van der Waals surface area contributed by atoms with Crippen LogP contribution in [-0.4, -0.2) is 70.1 Å². The molecule has 4 aliphatic rings. The summed E-state index contributed by atoms with van der Waals surface area (Å²) in [6.07, 6.45) is 3.19. The van der Waals surface area contributed by atoms with Crippen molar-refractivity contribution in [2.45, 2.75) is 75.9 Å². The quantitative estimate of drug-likeness (QED) is 0.200. The monoisotopic (exact) mass is 665 g/mol. The lowest BCUT2D eigenvalue weighted by Crippen LogP contribution is -2.45. The van der Waals surface area contributed by atoms with Gasteiger partial charge < -0.3 is 40.1 Å². The van der Waals surface area contributed by atoms with E-state index >= 15 is 4.11 Å². The van der Waals surface area contributed by atoms with Crippen molar-refractivity contribution in [3.8, 4) is 0 Å². The average Bonchev–Trinajstić information content (AvgIpc) is 3.49. The number of ether oxygens (including phenoxy) is 1. The van der Waals surface area contributed by atoms with Gasteiger partial charge in [0.1, 0.15) is 0 Å². The zero-order chi connectivity index (χ0) is 33.3. The van der Waals surface area contributed by atoms with Crippen LogP contribution in [-0.2, 0) is 31.3 Å². The fraction of sp³-hybridized carbons (Fsp3) is 0.571. The summed E-state index contributed by atoms with van der Waals surface area (Å²) in [5, 5.41) is 22.5. The first-order valence-corrected chi connectivity index (χ1v) is 20.0. The maximum Gasteiger partial charge on any atom is 0.264 e. The zero-order valence-electron chi connectivity index (χ0n) is 27.6. The van der Waals surface area contributed by atoms with Crippen molar-refractivity contribution in [2.24, 2.45) is 17.8 Å². The molecule has 3 saturated heterocycles. The summed E-state index contributed by atoms with van der Waals surface area (Å²) in [6.45, 7) is 8.37. The summed E-state index contributed by atoms with van der Waals surface area (Å²) in [6, 6.07) is 13.0. The fourth-order valence-corrected chi connectivity index (χ4v) is 10.7. The third-order valence-electron chi connectivity index (χ3n) is 10.5. The van der Waals surface area contributed by atoms with Crippen molar-refractivity contribution in [3.05, 3.63) is 53.6 Å². The van der Waals surface area contributed by atoms with Crippen LogP contribution in [0.2, 0.25) is 18.6 Å². The first-order valence-electron chi connectivity index (χ1n) is 17.1. The number of anilines is 3. The lowest BCUT2D eigenvalue weighted by molar-refractivity contribution is -0.146. The molecule has 6 rings (SSSR count). The molecule has 5 N–H and O–H groups in total. The second-order valence-corrected chi connectivity index (χ2v) is 18.0. The van der Waals surface area contributed by atoms with Crippen molar-refractivity contribution in [2.75, 3.05) is 48.3 Å². The van der Waals surface area contributed by atoms with Crippen LogP contribution in [0.1, 0.15) is 50.2 Å². The molecule has 4 heterocycles. The summed E-state index contributed by atoms with van der Waals surface area (Å²) < 4.78 is 22.6. The Balaban J connectivity index is 1.29. The Hall–Kier alpha value is -3.16. The number of nitrogens with zero attached hydrogens (tertiary/aromatic N) is 1. The lowest BCUT2D eigenvalue weighted by atomic mass is 9.82. The zero-order valence-corrected chi connectivity index (χ0v) is 28.6. The topological polar surface area (TPSA) is 132 Å². The summed E-state index contributed by atoms with van der Waals surface area (Å²) in [5.41, 5.74) is 1.42. The number of hydrogen-bond acceptors (Lipinski definition) is 7. The number of halogens is 1. The minimum absolute atomic E-state index is 0.00289. The molecule has 0 aromatic heterocycles. The van der Waals surface area contributed by atoms with Crippen molar-refractivity contribution < 1.29 is 28.3 Å². The van der Waals surface area contributed by atoms with Crippen LogP contribution in [0.15, 0.2) is 42.5 Å². The van der Waals surface area contributed by atoms with Crippen LogP contribution in [0.25, 0.3) is 0 Å². The molecule has 10 nitrogen and oxygen atoms in total. The van der Waals surface area contributed by atoms with E-state index in [1.807, 2.05) is 43.3 Å². The van der Waals surface area contributed by atoms with Gasteiger partial charge in [0.15, 0.2) is 5.60 Å². The third kappa shape index (κ3) is 6.63. The molecule has 1 spiro atoms. The molecule has 2 aromatic carbocycles. The molecule has 0 saturated carbocycles. The number of carbonyl (C=O) groups is 3. The Bertz CT molecular complexity index is 1470.